The first-order valence-electron chi connectivity index (χ1n) is 8.25. The number of rotatable bonds is 6. The minimum Gasteiger partial charge on any atom is -0.324 e. The number of carbonyl (C=O) groups is 1. The lowest BCUT2D eigenvalue weighted by atomic mass is 10.3. The van der Waals surface area contributed by atoms with Gasteiger partial charge in [-0.3, -0.25) is 18.9 Å². The fraction of sp³-hybridized carbons (Fsp3) is 0.211. The zero-order valence-corrected chi connectivity index (χ0v) is 17.4. The maximum Gasteiger partial charge on any atom is 0.258 e. The lowest BCUT2D eigenvalue weighted by Crippen LogP contribution is -2.31. The molecule has 0 atom stereocenters. The minimum absolute atomic E-state index is 0.111. The summed E-state index contributed by atoms with van der Waals surface area (Å²) in [5, 5.41) is 2.93. The van der Waals surface area contributed by atoms with E-state index in [1.165, 1.54) is 10.5 Å². The van der Waals surface area contributed by atoms with Crippen LogP contribution in [0.5, 0.6) is 0 Å². The Bertz CT molecular complexity index is 1040. The summed E-state index contributed by atoms with van der Waals surface area (Å²) in [6, 6.07) is 12.8. The number of aromatic nitrogens is 2. The van der Waals surface area contributed by atoms with Crippen LogP contribution >= 0.6 is 27.7 Å². The number of hydrogen-bond acceptors (Lipinski definition) is 5. The Balaban J connectivity index is 1.67. The van der Waals surface area contributed by atoms with Gasteiger partial charge in [-0.1, -0.05) is 12.1 Å². The predicted octanol–water partition coefficient (Wildman–Crippen LogP) is 3.25. The van der Waals surface area contributed by atoms with Crippen LogP contribution in [0.15, 0.2) is 62.8 Å². The normalized spacial score (nSPS) is 11.1. The molecule has 0 bridgehead atoms. The molecule has 0 radical (unpaired) electrons. The van der Waals surface area contributed by atoms with E-state index in [2.05, 4.69) is 26.2 Å². The van der Waals surface area contributed by atoms with Crippen molar-refractivity contribution in [1.82, 2.24) is 14.3 Å². The van der Waals surface area contributed by atoms with Gasteiger partial charge in [0.15, 0.2) is 0 Å². The zero-order valence-electron chi connectivity index (χ0n) is 15.0. The van der Waals surface area contributed by atoms with E-state index >= 15 is 0 Å². The summed E-state index contributed by atoms with van der Waals surface area (Å²) in [6.07, 6.45) is 3.66. The topological polar surface area (TPSA) is 66.7 Å². The van der Waals surface area contributed by atoms with Crippen LogP contribution in [0.4, 0.5) is 5.69 Å². The van der Waals surface area contributed by atoms with Crippen molar-refractivity contribution in [2.45, 2.75) is 11.4 Å². The van der Waals surface area contributed by atoms with Crippen LogP contribution in [0.2, 0.25) is 0 Å². The quantitative estimate of drug-likeness (QED) is 0.588. The van der Waals surface area contributed by atoms with Gasteiger partial charge in [0.05, 0.1) is 17.9 Å². The molecule has 0 spiro atoms. The fourth-order valence-electron chi connectivity index (χ4n) is 2.72. The molecule has 8 heteroatoms. The second kappa shape index (κ2) is 8.69. The van der Waals surface area contributed by atoms with Crippen LogP contribution in [0, 0.1) is 0 Å². The molecular weight excluding hydrogens is 428 g/mol. The molecule has 0 saturated carbocycles. The van der Waals surface area contributed by atoms with Crippen LogP contribution in [0.3, 0.4) is 0 Å². The number of fused-ring (bicyclic) bond motifs is 1. The van der Waals surface area contributed by atoms with E-state index in [0.717, 1.165) is 15.1 Å². The summed E-state index contributed by atoms with van der Waals surface area (Å²) in [5.41, 5.74) is 1.86. The highest BCUT2D eigenvalue weighted by molar-refractivity contribution is 9.10. The minimum atomic E-state index is -0.150. The summed E-state index contributed by atoms with van der Waals surface area (Å²) in [7, 11) is 1.82. The van der Waals surface area contributed by atoms with Gasteiger partial charge in [-0.15, -0.1) is 11.8 Å². The molecule has 6 nitrogen and oxygen atoms in total. The van der Waals surface area contributed by atoms with Crippen molar-refractivity contribution in [3.63, 3.8) is 0 Å². The highest BCUT2D eigenvalue weighted by Crippen LogP contribution is 2.24. The molecule has 0 aliphatic rings. The van der Waals surface area contributed by atoms with E-state index in [1.54, 1.807) is 24.0 Å². The first-order valence-corrected chi connectivity index (χ1v) is 10.3. The number of thioether (sulfide) groups is 1. The third-order valence-electron chi connectivity index (χ3n) is 3.90. The molecule has 0 aliphatic heterocycles. The van der Waals surface area contributed by atoms with Gasteiger partial charge in [-0.25, -0.2) is 4.98 Å². The highest BCUT2D eigenvalue weighted by atomic mass is 79.9. The Hall–Kier alpha value is -2.16. The second-order valence-corrected chi connectivity index (χ2v) is 7.85. The largest absolute Gasteiger partial charge is 0.324 e. The molecule has 3 rings (SSSR count). The number of para-hydroxylation sites is 1. The second-order valence-electron chi connectivity index (χ2n) is 6.08. The number of halogens is 1. The molecule has 0 saturated heterocycles. The van der Waals surface area contributed by atoms with Crippen molar-refractivity contribution in [3.05, 3.63) is 69.2 Å². The predicted molar refractivity (Wildman–Crippen MR) is 112 cm³/mol. The first kappa shape index (κ1) is 19.6. The lowest BCUT2D eigenvalue weighted by Gasteiger charge is -2.17. The molecule has 27 heavy (non-hydrogen) atoms. The Morgan fingerprint density at radius 2 is 2.07 bits per heavy atom. The third-order valence-corrected chi connectivity index (χ3v) is 5.17. The summed E-state index contributed by atoms with van der Waals surface area (Å²) < 4.78 is 2.30. The van der Waals surface area contributed by atoms with Gasteiger partial charge in [0, 0.05) is 28.2 Å². The van der Waals surface area contributed by atoms with Crippen LogP contribution in [0.25, 0.3) is 5.65 Å². The molecule has 2 aromatic heterocycles. The molecule has 1 N–H and O–H groups in total. The number of anilines is 1. The zero-order chi connectivity index (χ0) is 19.4. The summed E-state index contributed by atoms with van der Waals surface area (Å²) in [5.74, 6) is -0.111. The van der Waals surface area contributed by atoms with Gasteiger partial charge in [0.2, 0.25) is 5.91 Å². The molecule has 1 aromatic carbocycles. The van der Waals surface area contributed by atoms with Crippen LogP contribution in [0.1, 0.15) is 5.69 Å². The number of likely N-dealkylation sites (N-methyl/N-ethyl adjacent to an activating group) is 1. The van der Waals surface area contributed by atoms with Crippen LogP contribution < -0.4 is 10.9 Å². The smallest absolute Gasteiger partial charge is 0.258 e. The number of amides is 1. The van der Waals surface area contributed by atoms with Gasteiger partial charge in [-0.2, -0.15) is 0 Å². The van der Waals surface area contributed by atoms with Gasteiger partial charge in [-0.05, 0) is 53.5 Å². The van der Waals surface area contributed by atoms with Crippen molar-refractivity contribution < 1.29 is 4.79 Å². The molecule has 2 heterocycles. The Morgan fingerprint density at radius 1 is 1.30 bits per heavy atom. The molecule has 1 amide bonds. The number of nitrogens with one attached hydrogen (secondary N) is 1. The van der Waals surface area contributed by atoms with E-state index in [0.29, 0.717) is 17.9 Å². The molecule has 0 fully saturated rings. The molecule has 140 valence electrons. The van der Waals surface area contributed by atoms with E-state index in [1.807, 2.05) is 48.5 Å². The van der Waals surface area contributed by atoms with Crippen molar-refractivity contribution in [2.75, 3.05) is 25.2 Å². The fourth-order valence-corrected chi connectivity index (χ4v) is 3.61. The number of carbonyl (C=O) groups excluding carboxylic acids is 1. The van der Waals surface area contributed by atoms with E-state index in [4.69, 9.17) is 0 Å². The Kier molecular flexibility index (Phi) is 6.30. The van der Waals surface area contributed by atoms with Crippen LogP contribution in [-0.4, -0.2) is 40.0 Å². The highest BCUT2D eigenvalue weighted by Gasteiger charge is 2.11. The van der Waals surface area contributed by atoms with Gasteiger partial charge >= 0.3 is 0 Å². The third kappa shape index (κ3) is 4.97. The average Bonchev–Trinajstić information content (AvgIpc) is 2.62. The van der Waals surface area contributed by atoms with E-state index in [-0.39, 0.29) is 18.0 Å². The maximum atomic E-state index is 12.3. The van der Waals surface area contributed by atoms with Crippen molar-refractivity contribution in [2.24, 2.45) is 0 Å². The van der Waals surface area contributed by atoms with Gasteiger partial charge in [0.25, 0.3) is 5.56 Å². The molecule has 0 aliphatic carbocycles. The Labute approximate surface area is 169 Å². The summed E-state index contributed by atoms with van der Waals surface area (Å²) >= 11 is 4.93. The lowest BCUT2D eigenvalue weighted by molar-refractivity contribution is -0.117. The molecule has 0 unspecified atom stereocenters. The van der Waals surface area contributed by atoms with Crippen molar-refractivity contribution in [3.8, 4) is 0 Å². The summed E-state index contributed by atoms with van der Waals surface area (Å²) in [4.78, 5) is 32.0. The van der Waals surface area contributed by atoms with Crippen molar-refractivity contribution in [1.29, 1.82) is 0 Å². The van der Waals surface area contributed by atoms with Gasteiger partial charge < -0.3 is 5.32 Å². The molecule has 3 aromatic rings. The molecular formula is C19H19BrN4O2S. The number of hydrogen-bond donors (Lipinski definition) is 1. The van der Waals surface area contributed by atoms with Gasteiger partial charge in [0.1, 0.15) is 5.65 Å². The monoisotopic (exact) mass is 446 g/mol. The summed E-state index contributed by atoms with van der Waals surface area (Å²) in [6.45, 7) is 0.601. The number of pyridine rings is 1. The number of benzene rings is 1. The standard InChI is InChI=1S/C19H19BrN4O2S/c1-23(12-18(25)22-15-5-3-4-6-16(15)27-2)11-14-9-19(26)24-10-13(20)7-8-17(24)21-14/h3-10H,11-12H2,1-2H3,(H,22,25). The Morgan fingerprint density at radius 3 is 2.85 bits per heavy atom. The van der Waals surface area contributed by atoms with Crippen LogP contribution in [-0.2, 0) is 11.3 Å². The average molecular weight is 447 g/mol. The number of nitrogens with zero attached hydrogens (tertiary/aromatic N) is 3. The van der Waals surface area contributed by atoms with E-state index in [9.17, 15) is 9.59 Å². The SMILES string of the molecule is CSc1ccccc1NC(=O)CN(C)Cc1cc(=O)n2cc(Br)ccc2n1. The maximum absolute atomic E-state index is 12.3. The van der Waals surface area contributed by atoms with Crippen molar-refractivity contribution >= 4 is 44.9 Å². The first-order chi connectivity index (χ1) is 13.0. The van der Waals surface area contributed by atoms with E-state index < -0.39 is 0 Å².